The highest BCUT2D eigenvalue weighted by Gasteiger charge is 2.26. The lowest BCUT2D eigenvalue weighted by molar-refractivity contribution is 0.153. The van der Waals surface area contributed by atoms with Crippen LogP contribution in [0.5, 0.6) is 0 Å². The van der Waals surface area contributed by atoms with Gasteiger partial charge in [0.05, 0.1) is 6.10 Å². The fourth-order valence-corrected chi connectivity index (χ4v) is 1.58. The molecule has 14 heavy (non-hydrogen) atoms. The first-order valence-electron chi connectivity index (χ1n) is 5.03. The minimum absolute atomic E-state index is 0.00463. The van der Waals surface area contributed by atoms with Gasteiger partial charge in [-0.2, -0.15) is 0 Å². The van der Waals surface area contributed by atoms with E-state index < -0.39 is 0 Å². The second kappa shape index (κ2) is 5.17. The minimum atomic E-state index is -0.346. The van der Waals surface area contributed by atoms with E-state index in [-0.39, 0.29) is 12.1 Å². The molecule has 2 amide bonds. The summed E-state index contributed by atoms with van der Waals surface area (Å²) < 4.78 is 0. The molecule has 0 radical (unpaired) electrons. The molecule has 1 atom stereocenters. The first kappa shape index (κ1) is 11.3. The van der Waals surface area contributed by atoms with E-state index in [0.717, 1.165) is 6.42 Å². The number of carbonyl (C=O) groups excluding carboxylic acids is 1. The number of aliphatic hydroxyl groups excluding tert-OH is 1. The lowest BCUT2D eigenvalue weighted by Crippen LogP contribution is -2.41. The first-order valence-corrected chi connectivity index (χ1v) is 5.03. The number of hydrogen-bond acceptors (Lipinski definition) is 3. The Morgan fingerprint density at radius 2 is 2.43 bits per heavy atom. The van der Waals surface area contributed by atoms with Crippen LogP contribution in [0.1, 0.15) is 12.8 Å². The summed E-state index contributed by atoms with van der Waals surface area (Å²) >= 11 is 0. The van der Waals surface area contributed by atoms with Crippen LogP contribution in [-0.4, -0.2) is 60.3 Å². The van der Waals surface area contributed by atoms with Crippen LogP contribution < -0.4 is 5.73 Å². The Labute approximate surface area is 84.5 Å². The Kier molecular flexibility index (Phi) is 4.16. The van der Waals surface area contributed by atoms with Crippen molar-refractivity contribution in [2.45, 2.75) is 18.9 Å². The van der Waals surface area contributed by atoms with E-state index in [1.165, 1.54) is 0 Å². The molecule has 0 spiro atoms. The van der Waals surface area contributed by atoms with Crippen molar-refractivity contribution < 1.29 is 9.90 Å². The predicted molar refractivity (Wildman–Crippen MR) is 53.9 cm³/mol. The van der Waals surface area contributed by atoms with E-state index in [1.807, 2.05) is 0 Å². The van der Waals surface area contributed by atoms with Crippen molar-refractivity contribution in [2.75, 3.05) is 33.2 Å². The smallest absolute Gasteiger partial charge is 0.319 e. The summed E-state index contributed by atoms with van der Waals surface area (Å²) in [5.74, 6) is 0. The van der Waals surface area contributed by atoms with Gasteiger partial charge < -0.3 is 20.6 Å². The van der Waals surface area contributed by atoms with Gasteiger partial charge in [0.15, 0.2) is 0 Å². The number of carbonyl (C=O) groups is 1. The van der Waals surface area contributed by atoms with Gasteiger partial charge in [0.1, 0.15) is 0 Å². The number of nitrogens with two attached hydrogens (primary N) is 1. The summed E-state index contributed by atoms with van der Waals surface area (Å²) in [5, 5.41) is 9.27. The lowest BCUT2D eigenvalue weighted by atomic mass is 10.3. The number of aliphatic hydroxyl groups is 1. The number of rotatable bonds is 3. The topological polar surface area (TPSA) is 69.8 Å². The van der Waals surface area contributed by atoms with Gasteiger partial charge in [0.2, 0.25) is 0 Å². The van der Waals surface area contributed by atoms with Crippen LogP contribution >= 0.6 is 0 Å². The molecule has 0 aromatic rings. The molecular formula is C9H19N3O2. The van der Waals surface area contributed by atoms with Crippen molar-refractivity contribution in [3.05, 3.63) is 0 Å². The number of likely N-dealkylation sites (tertiary alicyclic amines) is 1. The Bertz CT molecular complexity index is 198. The number of hydrogen-bond donors (Lipinski definition) is 2. The van der Waals surface area contributed by atoms with Gasteiger partial charge in [-0.3, -0.25) is 0 Å². The van der Waals surface area contributed by atoms with Crippen LogP contribution in [0.25, 0.3) is 0 Å². The third-order valence-electron chi connectivity index (χ3n) is 2.46. The van der Waals surface area contributed by atoms with E-state index in [2.05, 4.69) is 0 Å². The number of amides is 2. The van der Waals surface area contributed by atoms with Gasteiger partial charge >= 0.3 is 6.03 Å². The summed E-state index contributed by atoms with van der Waals surface area (Å²) in [4.78, 5) is 15.0. The summed E-state index contributed by atoms with van der Waals surface area (Å²) in [5.41, 5.74) is 5.36. The van der Waals surface area contributed by atoms with Gasteiger partial charge in [0, 0.05) is 26.7 Å². The van der Waals surface area contributed by atoms with Crippen LogP contribution in [0, 0.1) is 0 Å². The van der Waals surface area contributed by atoms with Crippen molar-refractivity contribution in [3.63, 3.8) is 0 Å². The maximum Gasteiger partial charge on any atom is 0.319 e. The van der Waals surface area contributed by atoms with Crippen molar-refractivity contribution in [3.8, 4) is 0 Å². The normalized spacial score (nSPS) is 21.4. The van der Waals surface area contributed by atoms with Crippen LogP contribution in [-0.2, 0) is 0 Å². The Balaban J connectivity index is 2.32. The summed E-state index contributed by atoms with van der Waals surface area (Å²) in [6.45, 7) is 2.40. The van der Waals surface area contributed by atoms with Gasteiger partial charge in [-0.15, -0.1) is 0 Å². The molecule has 3 N–H and O–H groups in total. The first-order chi connectivity index (χ1) is 6.65. The van der Waals surface area contributed by atoms with Crippen LogP contribution in [0.15, 0.2) is 0 Å². The monoisotopic (exact) mass is 201 g/mol. The van der Waals surface area contributed by atoms with Crippen molar-refractivity contribution >= 4 is 6.03 Å². The van der Waals surface area contributed by atoms with E-state index in [4.69, 9.17) is 5.73 Å². The van der Waals surface area contributed by atoms with Gasteiger partial charge in [-0.25, -0.2) is 4.79 Å². The second-order valence-corrected chi connectivity index (χ2v) is 3.73. The van der Waals surface area contributed by atoms with Gasteiger partial charge in [0.25, 0.3) is 0 Å². The van der Waals surface area contributed by atoms with Crippen molar-refractivity contribution in [2.24, 2.45) is 5.73 Å². The highest BCUT2D eigenvalue weighted by molar-refractivity contribution is 5.74. The molecule has 5 nitrogen and oxygen atoms in total. The zero-order valence-corrected chi connectivity index (χ0v) is 8.65. The molecular weight excluding hydrogens is 182 g/mol. The van der Waals surface area contributed by atoms with Crippen molar-refractivity contribution in [1.82, 2.24) is 9.80 Å². The van der Waals surface area contributed by atoms with E-state index in [9.17, 15) is 9.90 Å². The average Bonchev–Trinajstić information content (AvgIpc) is 2.60. The molecule has 1 unspecified atom stereocenters. The lowest BCUT2D eigenvalue weighted by Gasteiger charge is -2.24. The zero-order valence-electron chi connectivity index (χ0n) is 8.65. The number of urea groups is 1. The Morgan fingerprint density at radius 3 is 2.93 bits per heavy atom. The Hall–Kier alpha value is -0.810. The molecule has 1 rings (SSSR count). The van der Waals surface area contributed by atoms with E-state index in [1.54, 1.807) is 16.8 Å². The molecule has 1 saturated heterocycles. The molecule has 1 fully saturated rings. The molecule has 1 aliphatic rings. The standard InChI is InChI=1S/C9H19N3O2/c1-11(5-2-4-10)9(14)12-6-3-8(13)7-12/h8,13H,2-7,10H2,1H3. The average molecular weight is 201 g/mol. The van der Waals surface area contributed by atoms with E-state index >= 15 is 0 Å². The van der Waals surface area contributed by atoms with Crippen LogP contribution in [0.4, 0.5) is 4.79 Å². The van der Waals surface area contributed by atoms with Crippen LogP contribution in [0.2, 0.25) is 0 Å². The largest absolute Gasteiger partial charge is 0.391 e. The Morgan fingerprint density at radius 1 is 1.71 bits per heavy atom. The molecule has 0 aromatic carbocycles. The SMILES string of the molecule is CN(CCCN)C(=O)N1CCC(O)C1. The molecule has 5 heteroatoms. The predicted octanol–water partition coefficient (Wildman–Crippen LogP) is -0.546. The zero-order chi connectivity index (χ0) is 10.6. The maximum atomic E-state index is 11.7. The molecule has 0 aliphatic carbocycles. The molecule has 1 heterocycles. The molecule has 82 valence electrons. The number of nitrogens with zero attached hydrogens (tertiary/aromatic N) is 2. The summed E-state index contributed by atoms with van der Waals surface area (Å²) in [7, 11) is 1.77. The second-order valence-electron chi connectivity index (χ2n) is 3.73. The molecule has 0 aromatic heterocycles. The molecule has 1 aliphatic heterocycles. The van der Waals surface area contributed by atoms with Crippen LogP contribution in [0.3, 0.4) is 0 Å². The fraction of sp³-hybridized carbons (Fsp3) is 0.889. The van der Waals surface area contributed by atoms with Gasteiger partial charge in [-0.1, -0.05) is 0 Å². The minimum Gasteiger partial charge on any atom is -0.391 e. The maximum absolute atomic E-state index is 11.7. The summed E-state index contributed by atoms with van der Waals surface area (Å²) in [6.07, 6.45) is 1.16. The highest BCUT2D eigenvalue weighted by Crippen LogP contribution is 2.10. The number of β-amino-alcohol motifs (C(OH)–C–C–N with tert-alkyl or cyclic N) is 1. The van der Waals surface area contributed by atoms with Crippen molar-refractivity contribution in [1.29, 1.82) is 0 Å². The van der Waals surface area contributed by atoms with Gasteiger partial charge in [-0.05, 0) is 19.4 Å². The quantitative estimate of drug-likeness (QED) is 0.644. The molecule has 0 bridgehead atoms. The third kappa shape index (κ3) is 2.85. The fourth-order valence-electron chi connectivity index (χ4n) is 1.58. The van der Waals surface area contributed by atoms with E-state index in [0.29, 0.717) is 32.6 Å². The molecule has 0 saturated carbocycles. The third-order valence-corrected chi connectivity index (χ3v) is 2.46. The summed E-state index contributed by atoms with van der Waals surface area (Å²) in [6, 6.07) is -0.00463. The highest BCUT2D eigenvalue weighted by atomic mass is 16.3.